The summed E-state index contributed by atoms with van der Waals surface area (Å²) in [5.74, 6) is 4.77. The van der Waals surface area contributed by atoms with E-state index in [9.17, 15) is 0 Å². The maximum absolute atomic E-state index is 7.80. The van der Waals surface area contributed by atoms with Crippen LogP contribution in [-0.2, 0) is 11.5 Å². The van der Waals surface area contributed by atoms with Gasteiger partial charge in [0.15, 0.2) is 11.9 Å². The van der Waals surface area contributed by atoms with Crippen LogP contribution in [0, 0.1) is 5.41 Å². The molecule has 0 amide bonds. The van der Waals surface area contributed by atoms with Gasteiger partial charge < -0.3 is 26.4 Å². The lowest BCUT2D eigenvalue weighted by Crippen LogP contribution is -2.39. The maximum Gasteiger partial charge on any atom is 0.188 e. The minimum atomic E-state index is 0.0771. The normalized spacial score (nSPS) is 11.3. The van der Waals surface area contributed by atoms with E-state index in [1.165, 1.54) is 11.5 Å². The van der Waals surface area contributed by atoms with Crippen LogP contribution in [0.3, 0.4) is 0 Å². The predicted octanol–water partition coefficient (Wildman–Crippen LogP) is 2.20. The number of ether oxygens (including phenoxy) is 1. The van der Waals surface area contributed by atoms with Crippen LogP contribution in [-0.4, -0.2) is 71.0 Å². The van der Waals surface area contributed by atoms with Crippen molar-refractivity contribution in [3.05, 3.63) is 41.2 Å². The van der Waals surface area contributed by atoms with Gasteiger partial charge in [-0.3, -0.25) is 15.4 Å². The van der Waals surface area contributed by atoms with Crippen molar-refractivity contribution in [3.8, 4) is 5.75 Å². The SMILES string of the molecule is COc1cccnc1CSCCN(CCCN=C(N)NCCSCc1ccsn1)C(=N)N. The summed E-state index contributed by atoms with van der Waals surface area (Å²) in [6.07, 6.45) is 2.54. The number of nitrogens with one attached hydrogen (secondary N) is 2. The topological polar surface area (TPSA) is 139 Å². The molecule has 0 radical (unpaired) electrons. The average Bonchev–Trinajstić information content (AvgIpc) is 3.31. The van der Waals surface area contributed by atoms with E-state index in [4.69, 9.17) is 21.6 Å². The highest BCUT2D eigenvalue weighted by Gasteiger charge is 2.08. The summed E-state index contributed by atoms with van der Waals surface area (Å²) < 4.78 is 9.61. The van der Waals surface area contributed by atoms with Crippen molar-refractivity contribution in [1.29, 1.82) is 5.41 Å². The summed E-state index contributed by atoms with van der Waals surface area (Å²) in [7, 11) is 1.65. The molecule has 0 aliphatic carbocycles. The van der Waals surface area contributed by atoms with Crippen LogP contribution in [0.5, 0.6) is 5.75 Å². The molecular weight excluding hydrogens is 464 g/mol. The Hall–Kier alpha value is -2.18. The van der Waals surface area contributed by atoms with Crippen LogP contribution in [0.2, 0.25) is 0 Å². The first-order valence-electron chi connectivity index (χ1n) is 10.3. The lowest BCUT2D eigenvalue weighted by molar-refractivity contribution is 0.408. The molecule has 0 aromatic carbocycles. The Morgan fingerprint density at radius 2 is 2.09 bits per heavy atom. The van der Waals surface area contributed by atoms with Gasteiger partial charge in [0, 0.05) is 60.8 Å². The Bertz CT molecular complexity index is 819. The first kappa shape index (κ1) is 26.1. The molecule has 0 bridgehead atoms. The molecule has 0 atom stereocenters. The smallest absolute Gasteiger partial charge is 0.188 e. The maximum atomic E-state index is 7.80. The molecule has 0 saturated carbocycles. The van der Waals surface area contributed by atoms with Crippen molar-refractivity contribution in [2.45, 2.75) is 17.9 Å². The van der Waals surface area contributed by atoms with Gasteiger partial charge in [0.25, 0.3) is 0 Å². The zero-order valence-corrected chi connectivity index (χ0v) is 20.8. The van der Waals surface area contributed by atoms with E-state index < -0.39 is 0 Å². The van der Waals surface area contributed by atoms with E-state index in [2.05, 4.69) is 19.7 Å². The second-order valence-electron chi connectivity index (χ2n) is 6.67. The fourth-order valence-electron chi connectivity index (χ4n) is 2.67. The second kappa shape index (κ2) is 15.6. The highest BCUT2D eigenvalue weighted by molar-refractivity contribution is 7.98. The first-order valence-corrected chi connectivity index (χ1v) is 13.4. The minimum absolute atomic E-state index is 0.0771. The first-order chi connectivity index (χ1) is 15.6. The Morgan fingerprint density at radius 1 is 1.25 bits per heavy atom. The molecule has 12 heteroatoms. The molecule has 2 aromatic heterocycles. The predicted molar refractivity (Wildman–Crippen MR) is 138 cm³/mol. The molecule has 0 aliphatic rings. The molecule has 0 spiro atoms. The Labute approximate surface area is 202 Å². The Kier molecular flexibility index (Phi) is 12.7. The number of pyridine rings is 1. The highest BCUT2D eigenvalue weighted by Crippen LogP contribution is 2.20. The third kappa shape index (κ3) is 10.4. The van der Waals surface area contributed by atoms with Gasteiger partial charge in [0.05, 0.1) is 18.5 Å². The van der Waals surface area contributed by atoms with Crippen LogP contribution in [0.1, 0.15) is 17.8 Å². The number of guanidine groups is 2. The Morgan fingerprint density at radius 3 is 2.84 bits per heavy atom. The van der Waals surface area contributed by atoms with Crippen LogP contribution < -0.4 is 21.5 Å². The fourth-order valence-corrected chi connectivity index (χ4v) is 4.96. The highest BCUT2D eigenvalue weighted by atomic mass is 32.2. The van der Waals surface area contributed by atoms with E-state index in [1.54, 1.807) is 25.1 Å². The number of hydrogen-bond donors (Lipinski definition) is 4. The summed E-state index contributed by atoms with van der Waals surface area (Å²) in [6.45, 7) is 2.72. The van der Waals surface area contributed by atoms with Gasteiger partial charge in [-0.15, -0.1) is 0 Å². The van der Waals surface area contributed by atoms with Gasteiger partial charge in [-0.1, -0.05) is 0 Å². The van der Waals surface area contributed by atoms with Crippen LogP contribution in [0.4, 0.5) is 0 Å². The molecule has 2 rings (SSSR count). The number of rotatable bonds is 15. The van der Waals surface area contributed by atoms with E-state index in [0.717, 1.165) is 53.1 Å². The number of methoxy groups -OCH3 is 1. The molecule has 0 fully saturated rings. The molecule has 6 N–H and O–H groups in total. The quantitative estimate of drug-likeness (QED) is 0.166. The van der Waals surface area contributed by atoms with Crippen LogP contribution in [0.15, 0.2) is 34.8 Å². The number of aromatic nitrogens is 2. The van der Waals surface area contributed by atoms with Crippen molar-refractivity contribution in [1.82, 2.24) is 19.6 Å². The Balaban J connectivity index is 1.56. The zero-order chi connectivity index (χ0) is 23.0. The third-order valence-electron chi connectivity index (χ3n) is 4.32. The number of hydrogen-bond acceptors (Lipinski definition) is 8. The van der Waals surface area contributed by atoms with Crippen molar-refractivity contribution in [3.63, 3.8) is 0 Å². The summed E-state index contributed by atoms with van der Waals surface area (Å²) >= 11 is 5.03. The molecule has 32 heavy (non-hydrogen) atoms. The van der Waals surface area contributed by atoms with Crippen molar-refractivity contribution < 1.29 is 4.74 Å². The summed E-state index contributed by atoms with van der Waals surface area (Å²) in [5.41, 5.74) is 13.7. The minimum Gasteiger partial charge on any atom is -0.495 e. The van der Waals surface area contributed by atoms with E-state index >= 15 is 0 Å². The lowest BCUT2D eigenvalue weighted by Gasteiger charge is -2.22. The van der Waals surface area contributed by atoms with Gasteiger partial charge in [0.1, 0.15) is 5.75 Å². The molecule has 2 aromatic rings. The average molecular weight is 497 g/mol. The summed E-state index contributed by atoms with van der Waals surface area (Å²) in [4.78, 5) is 10.6. The molecule has 0 unspecified atom stereocenters. The molecule has 2 heterocycles. The number of aliphatic imine (C=N–C) groups is 1. The standard InChI is InChI=1S/C20H32N8OS3/c1-29-18-4-2-6-24-17(18)15-31-13-10-28(19(21)22)9-3-7-25-20(23)26-8-12-30-14-16-5-11-32-27-16/h2,4-6,11H,3,7-10,12-15H2,1H3,(H3,21,22)(H3,23,25,26). The largest absolute Gasteiger partial charge is 0.495 e. The van der Waals surface area contributed by atoms with Gasteiger partial charge in [-0.05, 0) is 36.2 Å². The number of thioether (sulfide) groups is 2. The molecule has 0 saturated heterocycles. The van der Waals surface area contributed by atoms with E-state index in [0.29, 0.717) is 25.6 Å². The molecule has 9 nitrogen and oxygen atoms in total. The molecule has 176 valence electrons. The second-order valence-corrected chi connectivity index (χ2v) is 9.54. The number of nitrogens with zero attached hydrogens (tertiary/aromatic N) is 4. The van der Waals surface area contributed by atoms with Crippen LogP contribution >= 0.6 is 35.1 Å². The summed E-state index contributed by atoms with van der Waals surface area (Å²) in [5, 5.41) is 12.9. The van der Waals surface area contributed by atoms with Crippen molar-refractivity contribution in [2.24, 2.45) is 16.5 Å². The van der Waals surface area contributed by atoms with E-state index in [-0.39, 0.29) is 5.96 Å². The monoisotopic (exact) mass is 496 g/mol. The molecule has 0 aliphatic heterocycles. The van der Waals surface area contributed by atoms with Crippen LogP contribution in [0.25, 0.3) is 0 Å². The lowest BCUT2D eigenvalue weighted by atomic mass is 10.3. The van der Waals surface area contributed by atoms with Crippen molar-refractivity contribution in [2.75, 3.05) is 44.8 Å². The van der Waals surface area contributed by atoms with Crippen molar-refractivity contribution >= 4 is 47.0 Å². The van der Waals surface area contributed by atoms with Gasteiger partial charge >= 0.3 is 0 Å². The summed E-state index contributed by atoms with van der Waals surface area (Å²) in [6, 6.07) is 5.81. The number of nitrogens with two attached hydrogens (primary N) is 2. The zero-order valence-electron chi connectivity index (χ0n) is 18.3. The third-order valence-corrected chi connectivity index (χ3v) is 6.85. The van der Waals surface area contributed by atoms with Gasteiger partial charge in [0.2, 0.25) is 0 Å². The van der Waals surface area contributed by atoms with Gasteiger partial charge in [-0.2, -0.15) is 27.9 Å². The van der Waals surface area contributed by atoms with Gasteiger partial charge in [-0.25, -0.2) is 0 Å². The van der Waals surface area contributed by atoms with E-state index in [1.807, 2.05) is 40.2 Å². The molecular formula is C20H32N8OS3. The fraction of sp³-hybridized carbons (Fsp3) is 0.500.